The Kier molecular flexibility index (Phi) is 5.99. The van der Waals surface area contributed by atoms with Gasteiger partial charge in [0.2, 0.25) is 5.91 Å². The molecule has 0 aliphatic carbocycles. The first-order chi connectivity index (χ1) is 9.02. The van der Waals surface area contributed by atoms with Crippen LogP contribution in [0.1, 0.15) is 37.4 Å². The van der Waals surface area contributed by atoms with Crippen molar-refractivity contribution in [2.24, 2.45) is 0 Å². The van der Waals surface area contributed by atoms with Crippen LogP contribution in [0.5, 0.6) is 0 Å². The van der Waals surface area contributed by atoms with Crippen LogP contribution in [0.15, 0.2) is 18.3 Å². The Bertz CT molecular complexity index is 429. The maximum Gasteiger partial charge on any atom is 0.326 e. The minimum atomic E-state index is -0.983. The average Bonchev–Trinajstić information content (AvgIpc) is 2.37. The number of carbonyl (C=O) groups excluding carboxylic acids is 1. The molecule has 0 saturated carbocycles. The largest absolute Gasteiger partial charge is 0.480 e. The normalized spacial score (nSPS) is 11.9. The van der Waals surface area contributed by atoms with E-state index in [-0.39, 0.29) is 12.3 Å². The zero-order valence-corrected chi connectivity index (χ0v) is 11.3. The van der Waals surface area contributed by atoms with Crippen molar-refractivity contribution in [1.29, 1.82) is 0 Å². The molecule has 1 rings (SSSR count). The molecule has 0 radical (unpaired) electrons. The summed E-state index contributed by atoms with van der Waals surface area (Å²) in [4.78, 5) is 26.9. The van der Waals surface area contributed by atoms with Gasteiger partial charge in [0.05, 0.1) is 6.42 Å². The van der Waals surface area contributed by atoms with Crippen LogP contribution < -0.4 is 5.32 Å². The van der Waals surface area contributed by atoms with Crippen molar-refractivity contribution in [3.8, 4) is 0 Å². The third-order valence-electron chi connectivity index (χ3n) is 2.82. The molecule has 0 aliphatic heterocycles. The van der Waals surface area contributed by atoms with Gasteiger partial charge >= 0.3 is 5.97 Å². The van der Waals surface area contributed by atoms with Gasteiger partial charge in [0, 0.05) is 11.9 Å². The summed E-state index contributed by atoms with van der Waals surface area (Å²) in [5.74, 6) is -1.27. The maximum atomic E-state index is 11.8. The van der Waals surface area contributed by atoms with Crippen LogP contribution in [-0.2, 0) is 16.0 Å². The predicted octanol–water partition coefficient (Wildman–Crippen LogP) is 1.69. The van der Waals surface area contributed by atoms with Gasteiger partial charge < -0.3 is 10.4 Å². The number of rotatable bonds is 7. The molecular weight excluding hydrogens is 244 g/mol. The number of carbonyl (C=O) groups is 2. The fraction of sp³-hybridized carbons (Fsp3) is 0.500. The number of carboxylic acid groups (broad SMARTS) is 1. The third kappa shape index (κ3) is 5.50. The second-order valence-electron chi connectivity index (χ2n) is 4.59. The first-order valence-corrected chi connectivity index (χ1v) is 6.46. The predicted molar refractivity (Wildman–Crippen MR) is 71.8 cm³/mol. The number of aromatic nitrogens is 1. The molecule has 0 fully saturated rings. The van der Waals surface area contributed by atoms with Gasteiger partial charge in [-0.15, -0.1) is 0 Å². The highest BCUT2D eigenvalue weighted by Crippen LogP contribution is 2.03. The van der Waals surface area contributed by atoms with Crippen molar-refractivity contribution in [2.45, 2.75) is 45.6 Å². The molecule has 0 unspecified atom stereocenters. The van der Waals surface area contributed by atoms with E-state index in [0.29, 0.717) is 6.42 Å². The van der Waals surface area contributed by atoms with E-state index in [2.05, 4.69) is 10.3 Å². The van der Waals surface area contributed by atoms with Crippen molar-refractivity contribution in [3.63, 3.8) is 0 Å². The summed E-state index contributed by atoms with van der Waals surface area (Å²) in [6.45, 7) is 3.85. The Hall–Kier alpha value is -1.91. The molecule has 104 valence electrons. The van der Waals surface area contributed by atoms with Crippen molar-refractivity contribution in [1.82, 2.24) is 10.3 Å². The van der Waals surface area contributed by atoms with Crippen LogP contribution in [0.25, 0.3) is 0 Å². The molecule has 1 atom stereocenters. The topological polar surface area (TPSA) is 79.3 Å². The Morgan fingerprint density at radius 2 is 2.16 bits per heavy atom. The van der Waals surface area contributed by atoms with E-state index in [0.717, 1.165) is 24.1 Å². The highest BCUT2D eigenvalue weighted by molar-refractivity contribution is 5.84. The molecule has 0 spiro atoms. The maximum absolute atomic E-state index is 11.8. The van der Waals surface area contributed by atoms with E-state index in [4.69, 9.17) is 5.11 Å². The number of nitrogens with zero attached hydrogens (tertiary/aromatic N) is 1. The van der Waals surface area contributed by atoms with Crippen LogP contribution in [0.2, 0.25) is 0 Å². The molecule has 1 aromatic heterocycles. The van der Waals surface area contributed by atoms with Gasteiger partial charge in [0.25, 0.3) is 0 Å². The average molecular weight is 264 g/mol. The first kappa shape index (κ1) is 15.1. The zero-order chi connectivity index (χ0) is 14.3. The smallest absolute Gasteiger partial charge is 0.326 e. The second kappa shape index (κ2) is 7.51. The molecule has 1 aromatic rings. The summed E-state index contributed by atoms with van der Waals surface area (Å²) < 4.78 is 0. The minimum absolute atomic E-state index is 0.156. The first-order valence-electron chi connectivity index (χ1n) is 6.46. The van der Waals surface area contributed by atoms with Crippen LogP contribution in [0.4, 0.5) is 0 Å². The van der Waals surface area contributed by atoms with Gasteiger partial charge in [-0.25, -0.2) is 4.79 Å². The number of carboxylic acids is 1. The lowest BCUT2D eigenvalue weighted by Gasteiger charge is -2.14. The summed E-state index contributed by atoms with van der Waals surface area (Å²) >= 11 is 0. The number of hydrogen-bond acceptors (Lipinski definition) is 3. The molecule has 5 heteroatoms. The van der Waals surface area contributed by atoms with E-state index in [1.165, 1.54) is 0 Å². The van der Waals surface area contributed by atoms with Gasteiger partial charge in [-0.1, -0.05) is 25.8 Å². The lowest BCUT2D eigenvalue weighted by atomic mass is 10.1. The lowest BCUT2D eigenvalue weighted by molar-refractivity contribution is -0.142. The number of amides is 1. The lowest BCUT2D eigenvalue weighted by Crippen LogP contribution is -2.41. The Labute approximate surface area is 113 Å². The number of pyridine rings is 1. The van der Waals surface area contributed by atoms with E-state index < -0.39 is 12.0 Å². The monoisotopic (exact) mass is 264 g/mol. The minimum Gasteiger partial charge on any atom is -0.480 e. The summed E-state index contributed by atoms with van der Waals surface area (Å²) in [5.41, 5.74) is 1.67. The molecule has 1 amide bonds. The summed E-state index contributed by atoms with van der Waals surface area (Å²) in [5, 5.41) is 11.6. The Morgan fingerprint density at radius 3 is 2.68 bits per heavy atom. The number of aliphatic carboxylic acids is 1. The fourth-order valence-electron chi connectivity index (χ4n) is 1.70. The molecule has 0 bridgehead atoms. The van der Waals surface area contributed by atoms with Crippen molar-refractivity contribution in [2.75, 3.05) is 0 Å². The van der Waals surface area contributed by atoms with Gasteiger partial charge in [-0.05, 0) is 25.0 Å². The van der Waals surface area contributed by atoms with E-state index in [9.17, 15) is 9.59 Å². The molecule has 0 saturated heterocycles. The van der Waals surface area contributed by atoms with Crippen LogP contribution in [0, 0.1) is 6.92 Å². The van der Waals surface area contributed by atoms with Crippen molar-refractivity contribution in [3.05, 3.63) is 29.6 Å². The third-order valence-corrected chi connectivity index (χ3v) is 2.82. The summed E-state index contributed by atoms with van der Waals surface area (Å²) in [6, 6.07) is 2.85. The van der Waals surface area contributed by atoms with E-state index in [1.54, 1.807) is 6.20 Å². The van der Waals surface area contributed by atoms with Crippen molar-refractivity contribution >= 4 is 11.9 Å². The van der Waals surface area contributed by atoms with Gasteiger partial charge in [0.1, 0.15) is 6.04 Å². The SMILES string of the molecule is CCCC[C@H](NC(=O)Cc1ccc(C)nc1)C(=O)O. The Morgan fingerprint density at radius 1 is 1.42 bits per heavy atom. The van der Waals surface area contributed by atoms with Gasteiger partial charge in [0.15, 0.2) is 0 Å². The quantitative estimate of drug-likeness (QED) is 0.785. The number of nitrogens with one attached hydrogen (secondary N) is 1. The van der Waals surface area contributed by atoms with E-state index >= 15 is 0 Å². The Balaban J connectivity index is 2.52. The van der Waals surface area contributed by atoms with Crippen molar-refractivity contribution < 1.29 is 14.7 Å². The molecule has 2 N–H and O–H groups in total. The van der Waals surface area contributed by atoms with Crippen LogP contribution in [0.3, 0.4) is 0 Å². The molecule has 0 aliphatic rings. The molecule has 1 heterocycles. The van der Waals surface area contributed by atoms with Crippen LogP contribution in [-0.4, -0.2) is 28.0 Å². The number of unbranched alkanes of at least 4 members (excludes halogenated alkanes) is 1. The molecular formula is C14H20N2O3. The second-order valence-corrected chi connectivity index (χ2v) is 4.59. The van der Waals surface area contributed by atoms with Gasteiger partial charge in [-0.3, -0.25) is 9.78 Å². The van der Waals surface area contributed by atoms with Crippen LogP contribution >= 0.6 is 0 Å². The fourth-order valence-corrected chi connectivity index (χ4v) is 1.70. The molecule has 19 heavy (non-hydrogen) atoms. The number of hydrogen-bond donors (Lipinski definition) is 2. The molecule has 5 nitrogen and oxygen atoms in total. The molecule has 0 aromatic carbocycles. The number of aryl methyl sites for hydroxylation is 1. The zero-order valence-electron chi connectivity index (χ0n) is 11.3. The summed E-state index contributed by atoms with van der Waals surface area (Å²) in [6.07, 6.45) is 3.94. The van der Waals surface area contributed by atoms with E-state index in [1.807, 2.05) is 26.0 Å². The highest BCUT2D eigenvalue weighted by atomic mass is 16.4. The standard InChI is InChI=1S/C14H20N2O3/c1-3-4-5-12(14(18)19)16-13(17)8-11-7-6-10(2)15-9-11/h6-7,9,12H,3-5,8H2,1-2H3,(H,16,17)(H,18,19)/t12-/m0/s1. The summed E-state index contributed by atoms with van der Waals surface area (Å²) in [7, 11) is 0. The van der Waals surface area contributed by atoms with Gasteiger partial charge in [-0.2, -0.15) is 0 Å². The highest BCUT2D eigenvalue weighted by Gasteiger charge is 2.19.